The van der Waals surface area contributed by atoms with Crippen molar-refractivity contribution >= 4 is 86.9 Å². The molecule has 0 aliphatic carbocycles. The van der Waals surface area contributed by atoms with Gasteiger partial charge in [0.2, 0.25) is 0 Å². The number of halogens is 5. The maximum Gasteiger partial charge on any atom is 0.256 e. The monoisotopic (exact) mass is 1820 g/mol. The van der Waals surface area contributed by atoms with Crippen molar-refractivity contribution in [2.75, 3.05) is 65.9 Å². The first-order valence-electron chi connectivity index (χ1n) is 43.8. The molecule has 36 nitrogen and oxygen atoms in total. The highest BCUT2D eigenvalue weighted by molar-refractivity contribution is 6.02. The minimum Gasteiger partial charge on any atom is -0.489 e. The van der Waals surface area contributed by atoms with Crippen LogP contribution in [0, 0.1) is 29.1 Å². The number of aromatic nitrogens is 15. The quantitative estimate of drug-likeness (QED) is 0.0630. The van der Waals surface area contributed by atoms with Crippen molar-refractivity contribution in [3.05, 3.63) is 260 Å². The van der Waals surface area contributed by atoms with E-state index in [1.54, 1.807) is 79.4 Å². The molecule has 10 aromatic heterocycles. The fraction of sp³-hybridized carbons (Fsp3) is 0.301. The number of carbonyl (C=O) groups is 5. The molecule has 684 valence electrons. The summed E-state index contributed by atoms with van der Waals surface area (Å²) in [6.07, 6.45) is 19.0. The van der Waals surface area contributed by atoms with Gasteiger partial charge >= 0.3 is 0 Å². The number of hydrogen-bond acceptors (Lipinski definition) is 26. The lowest BCUT2D eigenvalue weighted by molar-refractivity contribution is 0.0779. The van der Waals surface area contributed by atoms with E-state index >= 15 is 0 Å². The lowest BCUT2D eigenvalue weighted by atomic mass is 9.96. The van der Waals surface area contributed by atoms with Crippen LogP contribution in [0.25, 0.3) is 28.2 Å². The molecule has 20 heterocycles. The van der Waals surface area contributed by atoms with Gasteiger partial charge in [0.25, 0.3) is 29.5 Å². The van der Waals surface area contributed by atoms with Gasteiger partial charge in [0.1, 0.15) is 146 Å². The number of ether oxygens (including phenoxy) is 6. The van der Waals surface area contributed by atoms with Crippen LogP contribution in [-0.4, -0.2) is 172 Å². The molecule has 0 fully saturated rings. The van der Waals surface area contributed by atoms with Crippen LogP contribution in [0.5, 0.6) is 34.5 Å². The second-order valence-electron chi connectivity index (χ2n) is 34.6. The van der Waals surface area contributed by atoms with Gasteiger partial charge in [-0.15, -0.1) is 0 Å². The summed E-state index contributed by atoms with van der Waals surface area (Å²) in [4.78, 5) is 85.4. The summed E-state index contributed by atoms with van der Waals surface area (Å²) in [6, 6.07) is 22.4. The predicted octanol–water partition coefficient (Wildman–Crippen LogP) is 11.4. The Morgan fingerprint density at radius 1 is 0.351 bits per heavy atom. The van der Waals surface area contributed by atoms with Crippen molar-refractivity contribution in [3.8, 4) is 34.5 Å². The van der Waals surface area contributed by atoms with Gasteiger partial charge in [-0.05, 0) is 126 Å². The molecule has 10 aliphatic rings. The number of carbonyl (C=O) groups excluding carboxylic acids is 5. The van der Waals surface area contributed by atoms with Crippen LogP contribution in [-0.2, 0) is 25.7 Å². The molecule has 5 amide bonds. The van der Waals surface area contributed by atoms with Crippen LogP contribution in [0.4, 0.5) is 51.0 Å². The summed E-state index contributed by atoms with van der Waals surface area (Å²) in [5.74, 6) is 3.68. The van der Waals surface area contributed by atoms with E-state index in [1.165, 1.54) is 96.2 Å². The Kier molecular flexibility index (Phi) is 21.6. The normalized spacial score (nSPS) is 21.9. The van der Waals surface area contributed by atoms with Crippen LogP contribution in [0.3, 0.4) is 0 Å². The summed E-state index contributed by atoms with van der Waals surface area (Å²) in [7, 11) is 0. The molecule has 25 rings (SSSR count). The summed E-state index contributed by atoms with van der Waals surface area (Å²) >= 11 is 0. The molecule has 0 spiro atoms. The summed E-state index contributed by atoms with van der Waals surface area (Å²) in [5, 5.41) is 51.6. The van der Waals surface area contributed by atoms with Gasteiger partial charge in [0.15, 0.2) is 39.7 Å². The minimum absolute atomic E-state index is 0.0841. The van der Waals surface area contributed by atoms with Crippen molar-refractivity contribution in [3.63, 3.8) is 0 Å². The van der Waals surface area contributed by atoms with E-state index in [-0.39, 0.29) is 121 Å². The highest BCUT2D eigenvalue weighted by Gasteiger charge is 2.41. The van der Waals surface area contributed by atoms with Gasteiger partial charge in [-0.2, -0.15) is 25.5 Å². The van der Waals surface area contributed by atoms with Crippen LogP contribution < -0.4 is 81.6 Å². The van der Waals surface area contributed by atoms with E-state index < -0.39 is 11.4 Å². The second-order valence-corrected chi connectivity index (χ2v) is 34.6. The first kappa shape index (κ1) is 84.8. The highest BCUT2D eigenvalue weighted by atomic mass is 19.1. The van der Waals surface area contributed by atoms with E-state index in [1.807, 2.05) is 41.5 Å². The van der Waals surface area contributed by atoms with Gasteiger partial charge in [-0.25, -0.2) is 69.4 Å². The van der Waals surface area contributed by atoms with E-state index in [2.05, 4.69) is 104 Å². The Labute approximate surface area is 757 Å². The number of rotatable bonds is 0. The SMILES string of the molecule is CC1Nc2ccn3ncc(c3n2)C(=O)NC[C@@H]2COc3cc(F)cc1c3O2.C[C@H]1Nc2ccn3ncc(c3n2)C(=O)NCC2(C)Cc3cc(F)cc1c3O2.C[C@H]1Nc2ccn3ncc(c3n2)C(=O)NCC2Cc3cc(F)cc1c3O2.C[C@H]1Nc2ccn3ncc(c3n2)C(=O)NCC[C@@H]2Cc3cc(F)cc1c3O2.C[C@H]1Nc2ccn3ncc(c3n2)C(=O)NCC[C@H]2Cc3cc(F)cc1c3O2. The van der Waals surface area contributed by atoms with Gasteiger partial charge in [0.05, 0.1) is 80.8 Å². The van der Waals surface area contributed by atoms with Crippen LogP contribution in [0.15, 0.2) is 153 Å². The van der Waals surface area contributed by atoms with Gasteiger partial charge in [0, 0.05) is 139 Å². The van der Waals surface area contributed by atoms with Crippen molar-refractivity contribution in [2.24, 2.45) is 0 Å². The van der Waals surface area contributed by atoms with Crippen molar-refractivity contribution in [1.82, 2.24) is 99.6 Å². The number of fused-ring (bicyclic) bond motifs is 10. The second kappa shape index (κ2) is 34.1. The Hall–Kier alpha value is -16.0. The molecule has 10 N–H and O–H groups in total. The fourth-order valence-corrected chi connectivity index (χ4v) is 18.2. The predicted molar refractivity (Wildman–Crippen MR) is 475 cm³/mol. The smallest absolute Gasteiger partial charge is 0.256 e. The molecule has 0 saturated heterocycles. The maximum absolute atomic E-state index is 14.2. The third-order valence-corrected chi connectivity index (χ3v) is 24.8. The average Bonchev–Trinajstić information content (AvgIpc) is 1.63. The fourth-order valence-electron chi connectivity index (χ4n) is 18.2. The van der Waals surface area contributed by atoms with E-state index in [9.17, 15) is 45.9 Å². The lowest BCUT2D eigenvalue weighted by Crippen LogP contribution is -2.44. The van der Waals surface area contributed by atoms with Gasteiger partial charge in [-0.3, -0.25) is 24.0 Å². The Balaban J connectivity index is 0.000000101. The van der Waals surface area contributed by atoms with Crippen LogP contribution in [0.1, 0.15) is 186 Å². The van der Waals surface area contributed by atoms with Crippen molar-refractivity contribution in [2.45, 2.75) is 140 Å². The zero-order valence-corrected chi connectivity index (χ0v) is 72.7. The molecule has 134 heavy (non-hydrogen) atoms. The highest BCUT2D eigenvalue weighted by Crippen LogP contribution is 2.46. The Morgan fingerprint density at radius 3 is 1.02 bits per heavy atom. The van der Waals surface area contributed by atoms with Gasteiger partial charge < -0.3 is 81.6 Å². The molecule has 0 radical (unpaired) electrons. The first-order valence-corrected chi connectivity index (χ1v) is 43.8. The topological polar surface area (TPSA) is 412 Å². The molecular weight excluding hydrogens is 1740 g/mol. The minimum atomic E-state index is -0.646. The molecule has 3 unspecified atom stereocenters. The number of amides is 5. The third-order valence-electron chi connectivity index (χ3n) is 24.8. The number of benzene rings is 5. The molecule has 15 aromatic rings. The molecule has 41 heteroatoms. The molecule has 10 atom stereocenters. The van der Waals surface area contributed by atoms with Crippen LogP contribution >= 0.6 is 0 Å². The summed E-state index contributed by atoms with van der Waals surface area (Å²) in [5.41, 5.74) is 10.7. The largest absolute Gasteiger partial charge is 0.489 e. The van der Waals surface area contributed by atoms with E-state index in [0.717, 1.165) is 56.0 Å². The Bertz CT molecular complexity index is 7140. The number of nitrogens with one attached hydrogen (secondary N) is 10. The maximum atomic E-state index is 14.2. The van der Waals surface area contributed by atoms with Crippen molar-refractivity contribution < 1.29 is 74.3 Å². The molecular formula is C93H86F5N25O11. The van der Waals surface area contributed by atoms with Crippen LogP contribution in [0.2, 0.25) is 0 Å². The summed E-state index contributed by atoms with van der Waals surface area (Å²) in [6.45, 7) is 13.5. The van der Waals surface area contributed by atoms with E-state index in [0.29, 0.717) is 178 Å². The lowest BCUT2D eigenvalue weighted by Gasteiger charge is -2.30. The first-order chi connectivity index (χ1) is 64.7. The van der Waals surface area contributed by atoms with Gasteiger partial charge in [-0.1, -0.05) is 0 Å². The summed E-state index contributed by atoms with van der Waals surface area (Å²) < 4.78 is 115. The third kappa shape index (κ3) is 16.5. The molecule has 0 saturated carbocycles. The number of hydrogen-bond donors (Lipinski definition) is 10. The number of nitrogens with zero attached hydrogens (tertiary/aromatic N) is 15. The van der Waals surface area contributed by atoms with E-state index in [4.69, 9.17) is 28.4 Å². The number of anilines is 5. The standard InChI is InChI=1S/3C19H18FN5O2.C18H16FN5O3.C18H16FN5O2/c1-10-13-6-12(20)5-11-7-19(2,27-16(11)13)9-21-18(26)14-8-22-25-4-3-15(23-10)24-17(14)25;2*1-10-14-8-12(20)6-11-7-13(27-17(11)14)2-4-21-19(26)15-9-22-25-5-3-16(23-10)24-18(15)25;1-9-12-4-10(19)5-14-16(12)27-11(8-26-14)6-20-18(25)13-7-21-24-3-2-15(22-9)23-17(13)24;1-9-13-6-11(19)4-10-5-12(26-16(10)13)7-20-18(25)14-8-21-24-3-2-15(22-9)23-17(14)24/h3-6,8,10H,7,9H2,1-2H3,(H,21,26)(H,23,24);2*3,5-6,8-10,13H,2,4,7H2,1H3,(H,21,26)(H,23,24);2-5,7,9,11H,6,8H2,1H3,(H,20,25)(H,22,23);2-4,6,8-9,12H,5,7H2,1H3,(H,20,25)(H,22,23)/t10-,19?;10-,13+;10-,13-;9?,11-;9-,12?/m11111/s1. The molecule has 10 aliphatic heterocycles. The van der Waals surface area contributed by atoms with Crippen molar-refractivity contribution in [1.29, 1.82) is 0 Å². The zero-order valence-electron chi connectivity index (χ0n) is 72.7. The molecule has 5 aromatic carbocycles. The molecule has 20 bridgehead atoms. The average molecular weight is 1820 g/mol. The Morgan fingerprint density at radius 2 is 0.649 bits per heavy atom. The zero-order chi connectivity index (χ0) is 92.2.